The summed E-state index contributed by atoms with van der Waals surface area (Å²) in [4.78, 5) is 5.00. The van der Waals surface area contributed by atoms with Crippen LogP contribution in [0.3, 0.4) is 0 Å². The summed E-state index contributed by atoms with van der Waals surface area (Å²) in [7, 11) is 0. The molecule has 0 N–H and O–H groups in total. The Morgan fingerprint density at radius 3 is 2.45 bits per heavy atom. The number of aromatic nitrogens is 2. The van der Waals surface area contributed by atoms with E-state index < -0.39 is 0 Å². The summed E-state index contributed by atoms with van der Waals surface area (Å²) in [5.74, 6) is 2.65. The van der Waals surface area contributed by atoms with Crippen LogP contribution >= 0.6 is 11.7 Å². The smallest absolute Gasteiger partial charge is 0.162 e. The quantitative estimate of drug-likeness (QED) is 0.865. The maximum Gasteiger partial charge on any atom is 0.162 e. The van der Waals surface area contributed by atoms with Crippen molar-refractivity contribution in [2.45, 2.75) is 6.54 Å². The van der Waals surface area contributed by atoms with E-state index in [1.54, 1.807) is 0 Å². The van der Waals surface area contributed by atoms with E-state index in [2.05, 4.69) is 48.9 Å². The molecule has 0 spiro atoms. The summed E-state index contributed by atoms with van der Waals surface area (Å²) in [6.45, 7) is 5.80. The average Bonchev–Trinajstić information content (AvgIpc) is 3.13. The van der Waals surface area contributed by atoms with Crippen molar-refractivity contribution < 1.29 is 0 Å². The zero-order valence-electron chi connectivity index (χ0n) is 11.4. The van der Waals surface area contributed by atoms with Crippen molar-refractivity contribution in [2.24, 2.45) is 11.8 Å². The van der Waals surface area contributed by atoms with Gasteiger partial charge < -0.3 is 4.90 Å². The molecule has 2 saturated heterocycles. The third kappa shape index (κ3) is 2.31. The van der Waals surface area contributed by atoms with Crippen LogP contribution in [0.4, 0.5) is 5.82 Å². The van der Waals surface area contributed by atoms with Crippen LogP contribution in [-0.2, 0) is 6.54 Å². The van der Waals surface area contributed by atoms with Crippen molar-refractivity contribution >= 4 is 17.5 Å². The van der Waals surface area contributed by atoms with Gasteiger partial charge in [0.05, 0.1) is 17.9 Å². The fraction of sp³-hybridized carbons (Fsp3) is 0.467. The van der Waals surface area contributed by atoms with Gasteiger partial charge in [-0.1, -0.05) is 30.3 Å². The normalized spacial score (nSPS) is 26.1. The highest BCUT2D eigenvalue weighted by Crippen LogP contribution is 2.33. The average molecular weight is 286 g/mol. The molecule has 104 valence electrons. The summed E-state index contributed by atoms with van der Waals surface area (Å²) in [6, 6.07) is 10.8. The highest BCUT2D eigenvalue weighted by molar-refractivity contribution is 6.99. The van der Waals surface area contributed by atoms with Gasteiger partial charge in [-0.25, -0.2) is 0 Å². The molecule has 4 nitrogen and oxygen atoms in total. The van der Waals surface area contributed by atoms with Crippen LogP contribution in [0.5, 0.6) is 0 Å². The Bertz CT molecular complexity index is 543. The summed E-state index contributed by atoms with van der Waals surface area (Å²) >= 11 is 1.30. The van der Waals surface area contributed by atoms with Crippen LogP contribution in [0.2, 0.25) is 0 Å². The topological polar surface area (TPSA) is 32.3 Å². The Labute approximate surface area is 123 Å². The maximum atomic E-state index is 4.36. The summed E-state index contributed by atoms with van der Waals surface area (Å²) in [6.07, 6.45) is 1.90. The van der Waals surface area contributed by atoms with E-state index in [0.717, 1.165) is 37.3 Å². The van der Waals surface area contributed by atoms with Gasteiger partial charge in [-0.15, -0.1) is 0 Å². The first-order valence-corrected chi connectivity index (χ1v) is 7.90. The van der Waals surface area contributed by atoms with E-state index >= 15 is 0 Å². The second-order valence-corrected chi connectivity index (χ2v) is 6.43. The summed E-state index contributed by atoms with van der Waals surface area (Å²) in [5.41, 5.74) is 1.42. The Balaban J connectivity index is 1.37. The number of likely N-dealkylation sites (tertiary alicyclic amines) is 1. The first-order valence-electron chi connectivity index (χ1n) is 7.17. The number of anilines is 1. The van der Waals surface area contributed by atoms with Crippen LogP contribution in [0.1, 0.15) is 5.56 Å². The lowest BCUT2D eigenvalue weighted by Gasteiger charge is -2.21. The van der Waals surface area contributed by atoms with E-state index in [-0.39, 0.29) is 0 Å². The van der Waals surface area contributed by atoms with E-state index in [4.69, 9.17) is 0 Å². The Morgan fingerprint density at radius 1 is 1.05 bits per heavy atom. The molecule has 0 radical (unpaired) electrons. The largest absolute Gasteiger partial charge is 0.354 e. The molecule has 4 rings (SSSR count). The molecule has 0 unspecified atom stereocenters. The molecule has 0 saturated carbocycles. The highest BCUT2D eigenvalue weighted by Gasteiger charge is 2.40. The van der Waals surface area contributed by atoms with E-state index in [1.165, 1.54) is 30.4 Å². The molecule has 3 heterocycles. The predicted octanol–water partition coefficient (Wildman–Crippen LogP) is 2.11. The number of fused-ring (bicyclic) bond motifs is 1. The molecule has 1 aromatic carbocycles. The number of nitrogens with zero attached hydrogens (tertiary/aromatic N) is 4. The number of hydrogen-bond acceptors (Lipinski definition) is 5. The molecule has 1 aromatic heterocycles. The van der Waals surface area contributed by atoms with Gasteiger partial charge >= 0.3 is 0 Å². The minimum atomic E-state index is 0.792. The summed E-state index contributed by atoms with van der Waals surface area (Å²) < 4.78 is 8.47. The molecule has 2 fully saturated rings. The zero-order chi connectivity index (χ0) is 13.4. The van der Waals surface area contributed by atoms with Crippen molar-refractivity contribution in [3.63, 3.8) is 0 Å². The Hall–Kier alpha value is -1.46. The van der Waals surface area contributed by atoms with Gasteiger partial charge in [0.1, 0.15) is 0 Å². The van der Waals surface area contributed by atoms with E-state index in [1.807, 2.05) is 6.20 Å². The number of benzene rings is 1. The molecule has 20 heavy (non-hydrogen) atoms. The van der Waals surface area contributed by atoms with Gasteiger partial charge in [0.15, 0.2) is 5.82 Å². The second kappa shape index (κ2) is 5.14. The lowest BCUT2D eigenvalue weighted by Crippen LogP contribution is -2.28. The van der Waals surface area contributed by atoms with Crippen molar-refractivity contribution in [2.75, 3.05) is 31.1 Å². The Morgan fingerprint density at radius 2 is 1.80 bits per heavy atom. The van der Waals surface area contributed by atoms with Crippen molar-refractivity contribution in [1.29, 1.82) is 0 Å². The lowest BCUT2D eigenvalue weighted by molar-refractivity contribution is 0.309. The van der Waals surface area contributed by atoms with Crippen molar-refractivity contribution in [1.82, 2.24) is 13.6 Å². The Kier molecular flexibility index (Phi) is 3.16. The van der Waals surface area contributed by atoms with Gasteiger partial charge in [0.2, 0.25) is 0 Å². The molecule has 0 bridgehead atoms. The predicted molar refractivity (Wildman–Crippen MR) is 80.8 cm³/mol. The fourth-order valence-corrected chi connectivity index (χ4v) is 3.98. The van der Waals surface area contributed by atoms with Crippen molar-refractivity contribution in [3.05, 3.63) is 42.1 Å². The first-order chi connectivity index (χ1) is 9.88. The number of rotatable bonds is 3. The number of hydrogen-bond donors (Lipinski definition) is 0. The van der Waals surface area contributed by atoms with Crippen LogP contribution < -0.4 is 4.90 Å². The molecular formula is C15H18N4S. The molecule has 2 atom stereocenters. The van der Waals surface area contributed by atoms with Crippen LogP contribution in [0.15, 0.2) is 36.5 Å². The van der Waals surface area contributed by atoms with Gasteiger partial charge in [-0.05, 0) is 17.4 Å². The molecule has 2 aliphatic rings. The lowest BCUT2D eigenvalue weighted by atomic mass is 10.0. The standard InChI is InChI=1S/C15H18N4S/c1-2-4-12(5-3-1)7-18-8-13-10-19(11-14(13)9-18)15-6-16-20-17-15/h1-6,13-14H,7-11H2/t13-,14+. The highest BCUT2D eigenvalue weighted by atomic mass is 32.1. The minimum Gasteiger partial charge on any atom is -0.354 e. The van der Waals surface area contributed by atoms with Crippen LogP contribution in [0, 0.1) is 11.8 Å². The van der Waals surface area contributed by atoms with Gasteiger partial charge in [-0.2, -0.15) is 8.75 Å². The summed E-state index contributed by atoms with van der Waals surface area (Å²) in [5, 5.41) is 0. The monoisotopic (exact) mass is 286 g/mol. The first kappa shape index (κ1) is 12.3. The molecule has 2 aromatic rings. The minimum absolute atomic E-state index is 0.792. The molecular weight excluding hydrogens is 268 g/mol. The third-order valence-corrected chi connectivity index (χ3v) is 4.95. The van der Waals surface area contributed by atoms with Crippen LogP contribution in [-0.4, -0.2) is 39.8 Å². The second-order valence-electron chi connectivity index (χ2n) is 5.87. The van der Waals surface area contributed by atoms with Gasteiger partial charge in [0, 0.05) is 32.7 Å². The molecule has 2 aliphatic heterocycles. The molecule has 0 aliphatic carbocycles. The molecule has 5 heteroatoms. The van der Waals surface area contributed by atoms with Crippen LogP contribution in [0.25, 0.3) is 0 Å². The third-order valence-electron chi connectivity index (χ3n) is 4.48. The SMILES string of the molecule is c1ccc(CN2C[C@@H]3CN(c4cnsn4)C[C@@H]3C2)cc1. The van der Waals surface area contributed by atoms with Gasteiger partial charge in [-0.3, -0.25) is 4.90 Å². The fourth-order valence-electron chi connectivity index (χ4n) is 3.55. The van der Waals surface area contributed by atoms with Gasteiger partial charge in [0.25, 0.3) is 0 Å². The maximum absolute atomic E-state index is 4.36. The molecule has 0 amide bonds. The van der Waals surface area contributed by atoms with E-state index in [9.17, 15) is 0 Å². The van der Waals surface area contributed by atoms with Crippen molar-refractivity contribution in [3.8, 4) is 0 Å². The zero-order valence-corrected chi connectivity index (χ0v) is 12.2. The van der Waals surface area contributed by atoms with E-state index in [0.29, 0.717) is 0 Å².